The summed E-state index contributed by atoms with van der Waals surface area (Å²) in [4.78, 5) is 16.3. The molecule has 128 valence electrons. The summed E-state index contributed by atoms with van der Waals surface area (Å²) in [5, 5.41) is 7.33. The number of rotatable bonds is 6. The molecule has 1 amide bonds. The van der Waals surface area contributed by atoms with Gasteiger partial charge in [-0.25, -0.2) is 9.67 Å². The number of benzene rings is 2. The van der Waals surface area contributed by atoms with Crippen molar-refractivity contribution in [3.63, 3.8) is 0 Å². The molecule has 0 saturated heterocycles. The van der Waals surface area contributed by atoms with E-state index >= 15 is 0 Å². The van der Waals surface area contributed by atoms with Crippen LogP contribution < -0.4 is 10.1 Å². The summed E-state index contributed by atoms with van der Waals surface area (Å²) in [5.41, 5.74) is 1.97. The molecule has 0 aliphatic rings. The molecule has 6 nitrogen and oxygen atoms in total. The number of hydrogen-bond acceptors (Lipinski definition) is 4. The van der Waals surface area contributed by atoms with Crippen LogP contribution in [-0.2, 0) is 0 Å². The molecular formula is C18H17ClN4O2. The van der Waals surface area contributed by atoms with Crippen LogP contribution in [0.1, 0.15) is 23.7 Å². The van der Waals surface area contributed by atoms with Gasteiger partial charge in [-0.05, 0) is 48.9 Å². The molecule has 0 unspecified atom stereocenters. The van der Waals surface area contributed by atoms with Crippen molar-refractivity contribution in [1.29, 1.82) is 0 Å². The number of anilines is 1. The first-order valence-electron chi connectivity index (χ1n) is 7.86. The van der Waals surface area contributed by atoms with Crippen molar-refractivity contribution in [3.05, 3.63) is 65.7 Å². The molecule has 0 atom stereocenters. The topological polar surface area (TPSA) is 69.0 Å². The minimum atomic E-state index is -0.219. The number of hydrogen-bond donors (Lipinski definition) is 1. The number of halogens is 1. The van der Waals surface area contributed by atoms with Crippen molar-refractivity contribution < 1.29 is 9.53 Å². The number of nitrogens with zero attached hydrogens (tertiary/aromatic N) is 3. The summed E-state index contributed by atoms with van der Waals surface area (Å²) >= 11 is 6.18. The van der Waals surface area contributed by atoms with E-state index < -0.39 is 0 Å². The maximum absolute atomic E-state index is 12.4. The van der Waals surface area contributed by atoms with Crippen molar-refractivity contribution >= 4 is 23.2 Å². The number of nitrogens with one attached hydrogen (secondary N) is 1. The monoisotopic (exact) mass is 356 g/mol. The zero-order chi connectivity index (χ0) is 17.6. The van der Waals surface area contributed by atoms with Gasteiger partial charge < -0.3 is 10.1 Å². The van der Waals surface area contributed by atoms with Crippen molar-refractivity contribution in [2.24, 2.45) is 0 Å². The number of amides is 1. The Balaban J connectivity index is 1.68. The summed E-state index contributed by atoms with van der Waals surface area (Å²) in [6.07, 6.45) is 3.96. The molecule has 3 aromatic rings. The van der Waals surface area contributed by atoms with E-state index in [9.17, 15) is 4.79 Å². The molecule has 0 aliphatic heterocycles. The van der Waals surface area contributed by atoms with Crippen LogP contribution >= 0.6 is 11.6 Å². The van der Waals surface area contributed by atoms with Crippen LogP contribution in [0.25, 0.3) is 5.69 Å². The van der Waals surface area contributed by atoms with E-state index in [-0.39, 0.29) is 5.91 Å². The lowest BCUT2D eigenvalue weighted by molar-refractivity contribution is 0.102. The molecule has 0 radical (unpaired) electrons. The van der Waals surface area contributed by atoms with E-state index in [4.69, 9.17) is 16.3 Å². The Morgan fingerprint density at radius 2 is 2.04 bits per heavy atom. The molecule has 1 N–H and O–H groups in total. The van der Waals surface area contributed by atoms with E-state index in [1.807, 2.05) is 6.92 Å². The van der Waals surface area contributed by atoms with Crippen LogP contribution in [0, 0.1) is 0 Å². The lowest BCUT2D eigenvalue weighted by atomic mass is 10.2. The van der Waals surface area contributed by atoms with Crippen LogP contribution in [0.4, 0.5) is 5.69 Å². The van der Waals surface area contributed by atoms with E-state index in [0.29, 0.717) is 28.6 Å². The summed E-state index contributed by atoms with van der Waals surface area (Å²) in [6, 6.07) is 12.3. The van der Waals surface area contributed by atoms with Gasteiger partial charge >= 0.3 is 0 Å². The van der Waals surface area contributed by atoms with E-state index in [1.54, 1.807) is 53.5 Å². The minimum Gasteiger partial charge on any atom is -0.492 e. The summed E-state index contributed by atoms with van der Waals surface area (Å²) in [6.45, 7) is 2.63. The molecule has 1 aromatic heterocycles. The SMILES string of the molecule is CCCOc1ccc(NC(=O)c2ccc(-n3cncn3)cc2)cc1Cl. The summed E-state index contributed by atoms with van der Waals surface area (Å²) < 4.78 is 7.14. The Morgan fingerprint density at radius 3 is 2.68 bits per heavy atom. The lowest BCUT2D eigenvalue weighted by Crippen LogP contribution is -2.12. The predicted octanol–water partition coefficient (Wildman–Crippen LogP) is 3.96. The molecule has 0 aliphatic carbocycles. The van der Waals surface area contributed by atoms with Crippen LogP contribution in [0.3, 0.4) is 0 Å². The van der Waals surface area contributed by atoms with Gasteiger partial charge in [-0.1, -0.05) is 18.5 Å². The maximum atomic E-state index is 12.4. The van der Waals surface area contributed by atoms with Crippen molar-refractivity contribution in [3.8, 4) is 11.4 Å². The standard InChI is InChI=1S/C18H17ClN4O2/c1-2-9-25-17-8-5-14(10-16(17)19)22-18(24)13-3-6-15(7-4-13)23-12-20-11-21-23/h3-8,10-12H,2,9H2,1H3,(H,22,24). The van der Waals surface area contributed by atoms with Crippen LogP contribution in [0.5, 0.6) is 5.75 Å². The van der Waals surface area contributed by atoms with Gasteiger partial charge in [-0.3, -0.25) is 4.79 Å². The van der Waals surface area contributed by atoms with E-state index in [2.05, 4.69) is 15.4 Å². The average Bonchev–Trinajstić information content (AvgIpc) is 3.16. The van der Waals surface area contributed by atoms with E-state index in [0.717, 1.165) is 12.1 Å². The van der Waals surface area contributed by atoms with Gasteiger partial charge in [0.1, 0.15) is 18.4 Å². The Morgan fingerprint density at radius 1 is 1.24 bits per heavy atom. The van der Waals surface area contributed by atoms with Crippen LogP contribution in [0.2, 0.25) is 5.02 Å². The van der Waals surface area contributed by atoms with Crippen molar-refractivity contribution in [1.82, 2.24) is 14.8 Å². The quantitative estimate of drug-likeness (QED) is 0.725. The molecule has 0 spiro atoms. The fraction of sp³-hybridized carbons (Fsp3) is 0.167. The number of aromatic nitrogens is 3. The molecule has 0 fully saturated rings. The van der Waals surface area contributed by atoms with Crippen LogP contribution in [0.15, 0.2) is 55.1 Å². The third-order valence-corrected chi connectivity index (χ3v) is 3.76. The van der Waals surface area contributed by atoms with Gasteiger partial charge in [0.25, 0.3) is 5.91 Å². The highest BCUT2D eigenvalue weighted by molar-refractivity contribution is 6.32. The summed E-state index contributed by atoms with van der Waals surface area (Å²) in [7, 11) is 0. The third kappa shape index (κ3) is 4.16. The zero-order valence-electron chi connectivity index (χ0n) is 13.6. The smallest absolute Gasteiger partial charge is 0.255 e. The highest BCUT2D eigenvalue weighted by atomic mass is 35.5. The predicted molar refractivity (Wildman–Crippen MR) is 96.6 cm³/mol. The molecule has 25 heavy (non-hydrogen) atoms. The van der Waals surface area contributed by atoms with Crippen LogP contribution in [-0.4, -0.2) is 27.3 Å². The highest BCUT2D eigenvalue weighted by Crippen LogP contribution is 2.28. The maximum Gasteiger partial charge on any atom is 0.255 e. The lowest BCUT2D eigenvalue weighted by Gasteiger charge is -2.10. The Bertz CT molecular complexity index is 848. The Kier molecular flexibility index (Phi) is 5.30. The van der Waals surface area contributed by atoms with Gasteiger partial charge in [0.2, 0.25) is 0 Å². The molecule has 0 bridgehead atoms. The van der Waals surface area contributed by atoms with E-state index in [1.165, 1.54) is 6.33 Å². The fourth-order valence-corrected chi connectivity index (χ4v) is 2.45. The first-order chi connectivity index (χ1) is 12.2. The molecule has 3 rings (SSSR count). The van der Waals surface area contributed by atoms with Crippen molar-refractivity contribution in [2.75, 3.05) is 11.9 Å². The largest absolute Gasteiger partial charge is 0.492 e. The Labute approximate surface area is 150 Å². The van der Waals surface area contributed by atoms with Gasteiger partial charge in [0, 0.05) is 11.3 Å². The van der Waals surface area contributed by atoms with Crippen molar-refractivity contribution in [2.45, 2.75) is 13.3 Å². The van der Waals surface area contributed by atoms with Gasteiger partial charge in [-0.2, -0.15) is 5.10 Å². The molecular weight excluding hydrogens is 340 g/mol. The number of carbonyl (C=O) groups is 1. The van der Waals surface area contributed by atoms with Gasteiger partial charge in [-0.15, -0.1) is 0 Å². The second kappa shape index (κ2) is 7.81. The molecule has 2 aromatic carbocycles. The normalized spacial score (nSPS) is 10.5. The second-order valence-electron chi connectivity index (χ2n) is 5.33. The molecule has 7 heteroatoms. The second-order valence-corrected chi connectivity index (χ2v) is 5.74. The first kappa shape index (κ1) is 17.0. The van der Waals surface area contributed by atoms with Gasteiger partial charge in [0.15, 0.2) is 0 Å². The highest BCUT2D eigenvalue weighted by Gasteiger charge is 2.09. The fourth-order valence-electron chi connectivity index (χ4n) is 2.22. The molecule has 1 heterocycles. The average molecular weight is 357 g/mol. The van der Waals surface area contributed by atoms with Gasteiger partial charge in [0.05, 0.1) is 17.3 Å². The summed E-state index contributed by atoms with van der Waals surface area (Å²) in [5.74, 6) is 0.391. The zero-order valence-corrected chi connectivity index (χ0v) is 14.4. The Hall–Kier alpha value is -2.86. The number of carbonyl (C=O) groups excluding carboxylic acids is 1. The third-order valence-electron chi connectivity index (χ3n) is 3.46. The minimum absolute atomic E-state index is 0.219. The first-order valence-corrected chi connectivity index (χ1v) is 8.24. The number of ether oxygens (including phenoxy) is 1. The molecule has 0 saturated carbocycles.